The number of rotatable bonds is 8. The summed E-state index contributed by atoms with van der Waals surface area (Å²) in [7, 11) is 6.48. The van der Waals surface area contributed by atoms with Gasteiger partial charge in [0.25, 0.3) is 0 Å². The molecule has 0 atom stereocenters. The van der Waals surface area contributed by atoms with Gasteiger partial charge in [-0.25, -0.2) is 0 Å². The maximum Gasteiger partial charge on any atom is 0.203 e. The number of ether oxygens (including phenoxy) is 4. The molecule has 0 bridgehead atoms. The molecule has 0 aromatic heterocycles. The van der Waals surface area contributed by atoms with Crippen LogP contribution >= 0.6 is 0 Å². The maximum absolute atomic E-state index is 5.95. The molecule has 2 aromatic carbocycles. The zero-order valence-electron chi connectivity index (χ0n) is 14.7. The van der Waals surface area contributed by atoms with E-state index in [0.717, 1.165) is 24.8 Å². The van der Waals surface area contributed by atoms with Gasteiger partial charge in [-0.3, -0.25) is 0 Å². The SMILES string of the molecule is COc1ccc(CCCc2cc(OC)c(OC)c(OC)c2)cc1N. The zero-order chi connectivity index (χ0) is 17.5. The molecule has 2 N–H and O–H groups in total. The summed E-state index contributed by atoms with van der Waals surface area (Å²) in [5.41, 5.74) is 8.96. The first-order valence-corrected chi connectivity index (χ1v) is 7.84. The molecule has 0 spiro atoms. The topological polar surface area (TPSA) is 62.9 Å². The van der Waals surface area contributed by atoms with Crippen LogP contribution in [0.1, 0.15) is 17.5 Å². The van der Waals surface area contributed by atoms with Crippen molar-refractivity contribution in [2.24, 2.45) is 0 Å². The maximum atomic E-state index is 5.95. The number of hydrogen-bond donors (Lipinski definition) is 1. The van der Waals surface area contributed by atoms with Crippen molar-refractivity contribution in [2.45, 2.75) is 19.3 Å². The third-order valence-electron chi connectivity index (χ3n) is 3.95. The van der Waals surface area contributed by atoms with E-state index in [1.165, 1.54) is 5.56 Å². The van der Waals surface area contributed by atoms with E-state index in [0.29, 0.717) is 28.7 Å². The first kappa shape index (κ1) is 17.8. The molecule has 0 fully saturated rings. The molecular formula is C19H25NO4. The Balaban J connectivity index is 2.05. The smallest absolute Gasteiger partial charge is 0.203 e. The number of nitrogens with two attached hydrogens (primary N) is 1. The molecule has 0 radical (unpaired) electrons. The van der Waals surface area contributed by atoms with Gasteiger partial charge >= 0.3 is 0 Å². The highest BCUT2D eigenvalue weighted by Gasteiger charge is 2.13. The molecule has 0 heterocycles. The van der Waals surface area contributed by atoms with E-state index in [-0.39, 0.29) is 0 Å². The van der Waals surface area contributed by atoms with Crippen molar-refractivity contribution in [1.82, 2.24) is 0 Å². The number of hydrogen-bond acceptors (Lipinski definition) is 5. The molecular weight excluding hydrogens is 306 g/mol. The largest absolute Gasteiger partial charge is 0.495 e. The van der Waals surface area contributed by atoms with Crippen molar-refractivity contribution in [1.29, 1.82) is 0 Å². The molecule has 0 amide bonds. The second-order valence-corrected chi connectivity index (χ2v) is 5.46. The lowest BCUT2D eigenvalue weighted by molar-refractivity contribution is 0.323. The van der Waals surface area contributed by atoms with Crippen molar-refractivity contribution < 1.29 is 18.9 Å². The summed E-state index contributed by atoms with van der Waals surface area (Å²) < 4.78 is 21.3. The summed E-state index contributed by atoms with van der Waals surface area (Å²) in [6.45, 7) is 0. The van der Waals surface area contributed by atoms with Gasteiger partial charge < -0.3 is 24.7 Å². The average Bonchev–Trinajstić information content (AvgIpc) is 2.60. The molecule has 0 saturated heterocycles. The van der Waals surface area contributed by atoms with Crippen LogP contribution in [0.4, 0.5) is 5.69 Å². The molecule has 2 aromatic rings. The summed E-state index contributed by atoms with van der Waals surface area (Å²) in [5, 5.41) is 0. The minimum atomic E-state index is 0.617. The van der Waals surface area contributed by atoms with Gasteiger partial charge in [-0.15, -0.1) is 0 Å². The van der Waals surface area contributed by atoms with Gasteiger partial charge in [0.15, 0.2) is 11.5 Å². The Hall–Kier alpha value is -2.56. The van der Waals surface area contributed by atoms with Crippen molar-refractivity contribution >= 4 is 5.69 Å². The van der Waals surface area contributed by atoms with Crippen LogP contribution in [0.2, 0.25) is 0 Å². The molecule has 2 rings (SSSR count). The molecule has 24 heavy (non-hydrogen) atoms. The highest BCUT2D eigenvalue weighted by molar-refractivity contribution is 5.55. The van der Waals surface area contributed by atoms with Crippen LogP contribution in [-0.4, -0.2) is 28.4 Å². The average molecular weight is 331 g/mol. The summed E-state index contributed by atoms with van der Waals surface area (Å²) in [5.74, 6) is 2.69. The highest BCUT2D eigenvalue weighted by Crippen LogP contribution is 2.38. The predicted octanol–water partition coefficient (Wildman–Crippen LogP) is 3.48. The number of nitrogen functional groups attached to an aromatic ring is 1. The van der Waals surface area contributed by atoms with E-state index < -0.39 is 0 Å². The lowest BCUT2D eigenvalue weighted by Crippen LogP contribution is -1.98. The van der Waals surface area contributed by atoms with Crippen LogP contribution in [0.3, 0.4) is 0 Å². The third-order valence-corrected chi connectivity index (χ3v) is 3.95. The van der Waals surface area contributed by atoms with E-state index >= 15 is 0 Å². The second kappa shape index (κ2) is 8.34. The third kappa shape index (κ3) is 4.04. The first-order chi connectivity index (χ1) is 11.6. The Kier molecular flexibility index (Phi) is 6.18. The molecule has 0 aliphatic heterocycles. The molecule has 0 aliphatic carbocycles. The van der Waals surface area contributed by atoms with Crippen molar-refractivity contribution in [3.63, 3.8) is 0 Å². The van der Waals surface area contributed by atoms with Crippen LogP contribution in [0, 0.1) is 0 Å². The Bertz CT molecular complexity index is 660. The minimum Gasteiger partial charge on any atom is -0.495 e. The molecule has 5 heteroatoms. The standard InChI is InChI=1S/C19H25NO4/c1-21-16-9-8-13(10-15(16)20)6-5-7-14-11-17(22-2)19(24-4)18(12-14)23-3/h8-12H,5-7,20H2,1-4H3. The fraction of sp³-hybridized carbons (Fsp3) is 0.368. The lowest BCUT2D eigenvalue weighted by Gasteiger charge is -2.14. The Labute approximate surface area is 143 Å². The van der Waals surface area contributed by atoms with Crippen LogP contribution in [0.5, 0.6) is 23.0 Å². The predicted molar refractivity (Wildman–Crippen MR) is 95.5 cm³/mol. The Morgan fingerprint density at radius 3 is 1.79 bits per heavy atom. The fourth-order valence-corrected chi connectivity index (χ4v) is 2.72. The van der Waals surface area contributed by atoms with Crippen molar-refractivity contribution in [3.05, 3.63) is 41.5 Å². The van der Waals surface area contributed by atoms with E-state index in [2.05, 4.69) is 0 Å². The summed E-state index contributed by atoms with van der Waals surface area (Å²) >= 11 is 0. The van der Waals surface area contributed by atoms with Gasteiger partial charge in [-0.1, -0.05) is 6.07 Å². The number of benzene rings is 2. The molecule has 0 saturated carbocycles. The molecule has 0 unspecified atom stereocenters. The quantitative estimate of drug-likeness (QED) is 0.750. The van der Waals surface area contributed by atoms with Gasteiger partial charge in [0.05, 0.1) is 34.1 Å². The fourth-order valence-electron chi connectivity index (χ4n) is 2.72. The molecule has 130 valence electrons. The molecule has 5 nitrogen and oxygen atoms in total. The number of methoxy groups -OCH3 is 4. The van der Waals surface area contributed by atoms with Crippen LogP contribution in [-0.2, 0) is 12.8 Å². The van der Waals surface area contributed by atoms with Crippen LogP contribution in [0.25, 0.3) is 0 Å². The van der Waals surface area contributed by atoms with E-state index in [9.17, 15) is 0 Å². The normalized spacial score (nSPS) is 10.3. The monoisotopic (exact) mass is 331 g/mol. The van der Waals surface area contributed by atoms with Crippen LogP contribution < -0.4 is 24.7 Å². The summed E-state index contributed by atoms with van der Waals surface area (Å²) in [4.78, 5) is 0. The zero-order valence-corrected chi connectivity index (χ0v) is 14.7. The van der Waals surface area contributed by atoms with Crippen molar-refractivity contribution in [3.8, 4) is 23.0 Å². The second-order valence-electron chi connectivity index (χ2n) is 5.46. The van der Waals surface area contributed by atoms with E-state index in [4.69, 9.17) is 24.7 Å². The van der Waals surface area contributed by atoms with Gasteiger partial charge in [0.1, 0.15) is 5.75 Å². The van der Waals surface area contributed by atoms with Crippen molar-refractivity contribution in [2.75, 3.05) is 34.2 Å². The highest BCUT2D eigenvalue weighted by atomic mass is 16.5. The van der Waals surface area contributed by atoms with Gasteiger partial charge in [0.2, 0.25) is 5.75 Å². The van der Waals surface area contributed by atoms with Gasteiger partial charge in [-0.2, -0.15) is 0 Å². The van der Waals surface area contributed by atoms with E-state index in [1.54, 1.807) is 28.4 Å². The lowest BCUT2D eigenvalue weighted by atomic mass is 10.0. The minimum absolute atomic E-state index is 0.617. The van der Waals surface area contributed by atoms with E-state index in [1.807, 2.05) is 30.3 Å². The first-order valence-electron chi connectivity index (χ1n) is 7.84. The molecule has 0 aliphatic rings. The Morgan fingerprint density at radius 1 is 0.708 bits per heavy atom. The summed E-state index contributed by atoms with van der Waals surface area (Å²) in [6, 6.07) is 9.90. The summed E-state index contributed by atoms with van der Waals surface area (Å²) in [6.07, 6.45) is 2.83. The number of anilines is 1. The Morgan fingerprint density at radius 2 is 1.29 bits per heavy atom. The van der Waals surface area contributed by atoms with Gasteiger partial charge in [-0.05, 0) is 54.7 Å². The number of aryl methyl sites for hydroxylation is 2. The van der Waals surface area contributed by atoms with Crippen LogP contribution in [0.15, 0.2) is 30.3 Å². The van der Waals surface area contributed by atoms with Gasteiger partial charge in [0, 0.05) is 0 Å².